The van der Waals surface area contributed by atoms with Gasteiger partial charge in [-0.2, -0.15) is 0 Å². The van der Waals surface area contributed by atoms with E-state index in [1.165, 1.54) is 5.56 Å². The first-order valence-corrected chi connectivity index (χ1v) is 7.50. The number of pyridine rings is 1. The van der Waals surface area contributed by atoms with Gasteiger partial charge in [0.2, 0.25) is 0 Å². The molecule has 2 aliphatic heterocycles. The van der Waals surface area contributed by atoms with Gasteiger partial charge in [-0.15, -0.1) is 0 Å². The summed E-state index contributed by atoms with van der Waals surface area (Å²) in [6, 6.07) is 4.71. The van der Waals surface area contributed by atoms with Gasteiger partial charge in [-0.3, -0.25) is 4.98 Å². The van der Waals surface area contributed by atoms with Crippen molar-refractivity contribution in [3.8, 4) is 0 Å². The fourth-order valence-corrected chi connectivity index (χ4v) is 3.08. The van der Waals surface area contributed by atoms with Gasteiger partial charge in [0, 0.05) is 38.1 Å². The number of hydrogen-bond donors (Lipinski definition) is 1. The Hall–Kier alpha value is -1.62. The average Bonchev–Trinajstić information content (AvgIpc) is 2.88. The minimum absolute atomic E-state index is 0.228. The highest BCUT2D eigenvalue weighted by atomic mass is 16.2. The zero-order valence-electron chi connectivity index (χ0n) is 11.8. The second-order valence-electron chi connectivity index (χ2n) is 5.55. The quantitative estimate of drug-likeness (QED) is 0.895. The van der Waals surface area contributed by atoms with Crippen LogP contribution in [-0.4, -0.2) is 59.6 Å². The molecule has 20 heavy (non-hydrogen) atoms. The zero-order chi connectivity index (χ0) is 13.8. The maximum Gasteiger partial charge on any atom is 0.320 e. The molecule has 108 valence electrons. The van der Waals surface area contributed by atoms with Crippen LogP contribution >= 0.6 is 0 Å². The van der Waals surface area contributed by atoms with Gasteiger partial charge >= 0.3 is 6.03 Å². The molecule has 0 aromatic carbocycles. The molecule has 5 nitrogen and oxygen atoms in total. The van der Waals surface area contributed by atoms with E-state index in [-0.39, 0.29) is 6.03 Å². The summed E-state index contributed by atoms with van der Waals surface area (Å²) < 4.78 is 0. The molecule has 5 heteroatoms. The molecule has 0 atom stereocenters. The van der Waals surface area contributed by atoms with Crippen molar-refractivity contribution in [3.63, 3.8) is 0 Å². The molecule has 0 aliphatic carbocycles. The summed E-state index contributed by atoms with van der Waals surface area (Å²) >= 11 is 0. The van der Waals surface area contributed by atoms with Gasteiger partial charge < -0.3 is 15.1 Å². The van der Waals surface area contributed by atoms with E-state index >= 15 is 0 Å². The predicted molar refractivity (Wildman–Crippen MR) is 77.5 cm³/mol. The van der Waals surface area contributed by atoms with Gasteiger partial charge in [0.05, 0.1) is 0 Å². The Morgan fingerprint density at radius 2 is 1.95 bits per heavy atom. The molecular formula is C15H22N4O. The second-order valence-corrected chi connectivity index (χ2v) is 5.55. The van der Waals surface area contributed by atoms with Crippen LogP contribution in [0.15, 0.2) is 24.5 Å². The number of nitrogens with zero attached hydrogens (tertiary/aromatic N) is 3. The number of urea groups is 1. The Balaban J connectivity index is 1.53. The van der Waals surface area contributed by atoms with Crippen LogP contribution in [0.1, 0.15) is 18.4 Å². The lowest BCUT2D eigenvalue weighted by molar-refractivity contribution is 0.166. The zero-order valence-corrected chi connectivity index (χ0v) is 11.8. The largest absolute Gasteiger partial charge is 0.323 e. The first kappa shape index (κ1) is 13.4. The van der Waals surface area contributed by atoms with E-state index in [9.17, 15) is 4.79 Å². The van der Waals surface area contributed by atoms with E-state index in [4.69, 9.17) is 0 Å². The molecule has 2 amide bonds. The first-order chi connectivity index (χ1) is 9.84. The van der Waals surface area contributed by atoms with Gasteiger partial charge in [0.15, 0.2) is 0 Å². The number of hydrogen-bond acceptors (Lipinski definition) is 3. The van der Waals surface area contributed by atoms with Crippen molar-refractivity contribution in [1.82, 2.24) is 20.1 Å². The van der Waals surface area contributed by atoms with Crippen LogP contribution < -0.4 is 5.32 Å². The summed E-state index contributed by atoms with van der Waals surface area (Å²) in [4.78, 5) is 20.5. The standard InChI is InChI=1S/C15H22N4O/c20-15-18(10-5-13-1-6-16-7-2-13)11-12-19(15)14-3-8-17-9-4-14/h1-2,6-7,14,17H,3-5,8-12H2. The molecule has 3 rings (SSSR count). The summed E-state index contributed by atoms with van der Waals surface area (Å²) in [5.41, 5.74) is 1.24. The SMILES string of the molecule is O=C1N(CCc2ccncc2)CCN1C1CCNCC1. The van der Waals surface area contributed by atoms with Crippen molar-refractivity contribution in [3.05, 3.63) is 30.1 Å². The maximum absolute atomic E-state index is 12.4. The number of amides is 2. The van der Waals surface area contributed by atoms with Gasteiger partial charge in [0.1, 0.15) is 0 Å². The Bertz CT molecular complexity index is 444. The number of piperidine rings is 1. The third kappa shape index (κ3) is 2.93. The van der Waals surface area contributed by atoms with Crippen molar-refractivity contribution >= 4 is 6.03 Å². The van der Waals surface area contributed by atoms with Crippen LogP contribution in [0.2, 0.25) is 0 Å². The van der Waals surface area contributed by atoms with E-state index in [0.717, 1.165) is 52.0 Å². The van der Waals surface area contributed by atoms with Crippen LogP contribution in [0.3, 0.4) is 0 Å². The lowest BCUT2D eigenvalue weighted by Gasteiger charge is -2.31. The van der Waals surface area contributed by atoms with Gasteiger partial charge in [0.25, 0.3) is 0 Å². The number of nitrogens with one attached hydrogen (secondary N) is 1. The minimum Gasteiger partial charge on any atom is -0.323 e. The molecule has 0 spiro atoms. The number of carbonyl (C=O) groups is 1. The molecule has 1 N–H and O–H groups in total. The topological polar surface area (TPSA) is 48.5 Å². The molecule has 2 fully saturated rings. The van der Waals surface area contributed by atoms with E-state index in [1.807, 2.05) is 29.4 Å². The van der Waals surface area contributed by atoms with E-state index in [1.54, 1.807) is 0 Å². The maximum atomic E-state index is 12.4. The Kier molecular flexibility index (Phi) is 4.16. The summed E-state index contributed by atoms with van der Waals surface area (Å²) in [7, 11) is 0. The minimum atomic E-state index is 0.228. The first-order valence-electron chi connectivity index (χ1n) is 7.50. The van der Waals surface area contributed by atoms with Crippen LogP contribution in [-0.2, 0) is 6.42 Å². The fraction of sp³-hybridized carbons (Fsp3) is 0.600. The van der Waals surface area contributed by atoms with Crippen molar-refractivity contribution in [2.75, 3.05) is 32.7 Å². The third-order valence-corrected chi connectivity index (χ3v) is 4.30. The van der Waals surface area contributed by atoms with E-state index in [2.05, 4.69) is 15.2 Å². The highest BCUT2D eigenvalue weighted by molar-refractivity contribution is 5.76. The summed E-state index contributed by atoms with van der Waals surface area (Å²) in [5, 5.41) is 3.35. The van der Waals surface area contributed by atoms with E-state index < -0.39 is 0 Å². The molecule has 0 radical (unpaired) electrons. The predicted octanol–water partition coefficient (Wildman–Crippen LogP) is 1.11. The van der Waals surface area contributed by atoms with E-state index in [0.29, 0.717) is 6.04 Å². The summed E-state index contributed by atoms with van der Waals surface area (Å²) in [6.45, 7) is 4.63. The molecule has 1 aromatic rings. The smallest absolute Gasteiger partial charge is 0.320 e. The molecule has 0 saturated carbocycles. The van der Waals surface area contributed by atoms with Crippen molar-refractivity contribution in [2.24, 2.45) is 0 Å². The number of aromatic nitrogens is 1. The third-order valence-electron chi connectivity index (χ3n) is 4.30. The molecule has 0 unspecified atom stereocenters. The Labute approximate surface area is 120 Å². The van der Waals surface area contributed by atoms with Crippen LogP contribution in [0.5, 0.6) is 0 Å². The van der Waals surface area contributed by atoms with Crippen LogP contribution in [0.25, 0.3) is 0 Å². The Morgan fingerprint density at radius 3 is 2.70 bits per heavy atom. The average molecular weight is 274 g/mol. The molecule has 2 saturated heterocycles. The molecule has 0 bridgehead atoms. The highest BCUT2D eigenvalue weighted by Crippen LogP contribution is 2.19. The fourth-order valence-electron chi connectivity index (χ4n) is 3.08. The molecule has 1 aromatic heterocycles. The molecular weight excluding hydrogens is 252 g/mol. The monoisotopic (exact) mass is 274 g/mol. The van der Waals surface area contributed by atoms with Gasteiger partial charge in [-0.25, -0.2) is 4.79 Å². The number of rotatable bonds is 4. The second kappa shape index (κ2) is 6.22. The van der Waals surface area contributed by atoms with Crippen molar-refractivity contribution < 1.29 is 4.79 Å². The normalized spacial score (nSPS) is 20.7. The lowest BCUT2D eigenvalue weighted by Crippen LogP contribution is -2.45. The van der Waals surface area contributed by atoms with Gasteiger partial charge in [-0.1, -0.05) is 0 Å². The Morgan fingerprint density at radius 1 is 1.20 bits per heavy atom. The highest BCUT2D eigenvalue weighted by Gasteiger charge is 2.33. The molecule has 2 aliphatic rings. The van der Waals surface area contributed by atoms with Gasteiger partial charge in [-0.05, 0) is 50.0 Å². The summed E-state index contributed by atoms with van der Waals surface area (Å²) in [5.74, 6) is 0. The van der Waals surface area contributed by atoms with Crippen molar-refractivity contribution in [1.29, 1.82) is 0 Å². The summed E-state index contributed by atoms with van der Waals surface area (Å²) in [6.07, 6.45) is 6.70. The molecule has 3 heterocycles. The van der Waals surface area contributed by atoms with Crippen molar-refractivity contribution in [2.45, 2.75) is 25.3 Å². The van der Waals surface area contributed by atoms with Crippen LogP contribution in [0, 0.1) is 0 Å². The lowest BCUT2D eigenvalue weighted by atomic mass is 10.1. The van der Waals surface area contributed by atoms with Crippen LogP contribution in [0.4, 0.5) is 4.79 Å². The number of carbonyl (C=O) groups excluding carboxylic acids is 1.